The molecule has 0 saturated heterocycles. The molecule has 8 heteroatoms. The van der Waals surface area contributed by atoms with Gasteiger partial charge in [0.05, 0.1) is 35.2 Å². The van der Waals surface area contributed by atoms with Gasteiger partial charge in [0.1, 0.15) is 5.82 Å². The van der Waals surface area contributed by atoms with Crippen molar-refractivity contribution in [3.8, 4) is 0 Å². The number of ether oxygens (including phenoxy) is 1. The highest BCUT2D eigenvalue weighted by atomic mass is 32.2. The number of benzene rings is 2. The normalized spacial score (nSPS) is 12.6. The minimum absolute atomic E-state index is 0.0799. The maximum atomic E-state index is 13.0. The number of fused-ring (bicyclic) bond motifs is 1. The third-order valence-corrected chi connectivity index (χ3v) is 5.74. The van der Waals surface area contributed by atoms with Gasteiger partial charge in [-0.1, -0.05) is 23.9 Å². The van der Waals surface area contributed by atoms with Gasteiger partial charge in [0, 0.05) is 12.2 Å². The van der Waals surface area contributed by atoms with Crippen LogP contribution in [0.1, 0.15) is 30.0 Å². The second-order valence-corrected chi connectivity index (χ2v) is 8.37. The fourth-order valence-corrected chi connectivity index (χ4v) is 3.80. The Hall–Kier alpha value is -3.13. The lowest BCUT2D eigenvalue weighted by Crippen LogP contribution is -2.25. The van der Waals surface area contributed by atoms with E-state index in [4.69, 9.17) is 9.73 Å². The Balaban J connectivity index is 1.71. The fourth-order valence-electron chi connectivity index (χ4n) is 3.03. The monoisotopic (exact) mass is 455 g/mol. The van der Waals surface area contributed by atoms with Crippen LogP contribution in [0.25, 0.3) is 0 Å². The van der Waals surface area contributed by atoms with Crippen LogP contribution >= 0.6 is 11.8 Å². The zero-order valence-corrected chi connectivity index (χ0v) is 19.1. The third-order valence-electron chi connectivity index (χ3n) is 4.83. The summed E-state index contributed by atoms with van der Waals surface area (Å²) in [6.07, 6.45) is 1.86. The molecule has 1 amide bonds. The Morgan fingerprint density at radius 2 is 1.88 bits per heavy atom. The van der Waals surface area contributed by atoms with Gasteiger partial charge in [-0.2, -0.15) is 0 Å². The Labute approximate surface area is 191 Å². The number of aliphatic imine (C=N–C) groups is 1. The molecule has 1 heterocycles. The summed E-state index contributed by atoms with van der Waals surface area (Å²) in [5, 5.41) is 6.73. The molecule has 2 N–H and O–H groups in total. The first-order chi connectivity index (χ1) is 15.3. The molecule has 0 atom stereocenters. The molecule has 0 bridgehead atoms. The quantitative estimate of drug-likeness (QED) is 0.587. The van der Waals surface area contributed by atoms with Crippen LogP contribution in [0, 0.1) is 19.7 Å². The van der Waals surface area contributed by atoms with Gasteiger partial charge < -0.3 is 15.4 Å². The summed E-state index contributed by atoms with van der Waals surface area (Å²) in [5.41, 5.74) is 5.24. The summed E-state index contributed by atoms with van der Waals surface area (Å²) in [7, 11) is 0. The number of nitrogens with one attached hydrogen (secondary N) is 2. The molecule has 168 valence electrons. The lowest BCUT2D eigenvalue weighted by atomic mass is 10.1. The Morgan fingerprint density at radius 1 is 1.16 bits per heavy atom. The lowest BCUT2D eigenvalue weighted by Gasteiger charge is -2.12. The van der Waals surface area contributed by atoms with Crippen LogP contribution in [0.2, 0.25) is 0 Å². The number of anilines is 1. The van der Waals surface area contributed by atoms with Crippen LogP contribution in [0.5, 0.6) is 0 Å². The molecule has 0 fully saturated rings. The average Bonchev–Trinajstić information content (AvgIpc) is 2.90. The van der Waals surface area contributed by atoms with Crippen molar-refractivity contribution in [1.29, 1.82) is 0 Å². The molecule has 0 saturated carbocycles. The number of hydrogen-bond donors (Lipinski definition) is 2. The van der Waals surface area contributed by atoms with E-state index in [-0.39, 0.29) is 29.9 Å². The van der Waals surface area contributed by atoms with Crippen LogP contribution in [0.4, 0.5) is 15.8 Å². The van der Waals surface area contributed by atoms with Crippen molar-refractivity contribution >= 4 is 40.1 Å². The fraction of sp³-hybridized carbons (Fsp3) is 0.292. The molecule has 0 unspecified atom stereocenters. The van der Waals surface area contributed by atoms with Gasteiger partial charge in [0.2, 0.25) is 5.91 Å². The second kappa shape index (κ2) is 10.9. The van der Waals surface area contributed by atoms with Gasteiger partial charge in [-0.3, -0.25) is 9.59 Å². The smallest absolute Gasteiger partial charge is 0.311 e. The van der Waals surface area contributed by atoms with E-state index in [0.717, 1.165) is 28.1 Å². The molecule has 0 radical (unpaired) electrons. The van der Waals surface area contributed by atoms with Crippen molar-refractivity contribution in [1.82, 2.24) is 5.32 Å². The van der Waals surface area contributed by atoms with Gasteiger partial charge in [-0.15, -0.1) is 0 Å². The highest BCUT2D eigenvalue weighted by Gasteiger charge is 2.16. The van der Waals surface area contributed by atoms with Crippen LogP contribution in [0.15, 0.2) is 53.2 Å². The number of halogens is 1. The lowest BCUT2D eigenvalue weighted by molar-refractivity contribution is -0.142. The molecule has 2 aromatic rings. The van der Waals surface area contributed by atoms with Gasteiger partial charge in [0.25, 0.3) is 0 Å². The summed E-state index contributed by atoms with van der Waals surface area (Å²) in [6.45, 7) is 6.42. The molecular weight excluding hydrogens is 429 g/mol. The number of carbonyl (C=O) groups excluding carboxylic acids is 2. The SMILES string of the molecule is CCOC(=O)CC1=CC(SCC(=O)NCc2ccc(F)cc2)=Nc2cc(C)c(C)cc2N1. The van der Waals surface area contributed by atoms with Crippen LogP contribution < -0.4 is 10.6 Å². The minimum Gasteiger partial charge on any atom is -0.466 e. The van der Waals surface area contributed by atoms with E-state index in [1.54, 1.807) is 25.1 Å². The van der Waals surface area contributed by atoms with Crippen LogP contribution in [-0.4, -0.2) is 29.3 Å². The number of carbonyl (C=O) groups is 2. The predicted molar refractivity (Wildman–Crippen MR) is 127 cm³/mol. The molecule has 3 rings (SSSR count). The first-order valence-corrected chi connectivity index (χ1v) is 11.3. The number of thioether (sulfide) groups is 1. The van der Waals surface area contributed by atoms with Crippen LogP contribution in [-0.2, 0) is 20.9 Å². The van der Waals surface area contributed by atoms with E-state index in [9.17, 15) is 14.0 Å². The summed E-state index contributed by atoms with van der Waals surface area (Å²) in [5.74, 6) is -0.657. The van der Waals surface area contributed by atoms with E-state index < -0.39 is 0 Å². The van der Waals surface area contributed by atoms with Crippen molar-refractivity contribution in [3.05, 3.63) is 70.7 Å². The van der Waals surface area contributed by atoms with E-state index in [1.807, 2.05) is 26.0 Å². The standard InChI is InChI=1S/C24H26FN3O3S/c1-4-31-24(30)12-19-11-23(28-21-10-16(3)15(2)9-20(21)27-19)32-14-22(29)26-13-17-5-7-18(25)8-6-17/h5-11,27H,4,12-14H2,1-3H3,(H,26,29). The zero-order valence-electron chi connectivity index (χ0n) is 18.3. The van der Waals surface area contributed by atoms with Crippen molar-refractivity contribution in [3.63, 3.8) is 0 Å². The molecule has 0 aliphatic carbocycles. The third kappa shape index (κ3) is 6.68. The average molecular weight is 456 g/mol. The van der Waals surface area contributed by atoms with Gasteiger partial charge in [-0.05, 0) is 67.8 Å². The maximum absolute atomic E-state index is 13.0. The van der Waals surface area contributed by atoms with E-state index in [1.165, 1.54) is 23.9 Å². The summed E-state index contributed by atoms with van der Waals surface area (Å²) in [6, 6.07) is 9.97. The van der Waals surface area contributed by atoms with Gasteiger partial charge in [0.15, 0.2) is 0 Å². The highest BCUT2D eigenvalue weighted by molar-refractivity contribution is 8.14. The van der Waals surface area contributed by atoms with Crippen molar-refractivity contribution < 1.29 is 18.7 Å². The Bertz CT molecular complexity index is 1060. The first kappa shape index (κ1) is 23.5. The molecule has 2 aromatic carbocycles. The molecule has 32 heavy (non-hydrogen) atoms. The zero-order chi connectivity index (χ0) is 23.1. The van der Waals surface area contributed by atoms with E-state index >= 15 is 0 Å². The highest BCUT2D eigenvalue weighted by Crippen LogP contribution is 2.33. The van der Waals surface area contributed by atoms with E-state index in [0.29, 0.717) is 23.9 Å². The molecule has 1 aliphatic heterocycles. The first-order valence-electron chi connectivity index (χ1n) is 10.3. The minimum atomic E-state index is -0.333. The van der Waals surface area contributed by atoms with Crippen molar-refractivity contribution in [2.75, 3.05) is 17.7 Å². The van der Waals surface area contributed by atoms with E-state index in [2.05, 4.69) is 10.6 Å². The van der Waals surface area contributed by atoms with Crippen LogP contribution in [0.3, 0.4) is 0 Å². The number of aryl methyl sites for hydroxylation is 2. The molecule has 0 aromatic heterocycles. The topological polar surface area (TPSA) is 79.8 Å². The largest absolute Gasteiger partial charge is 0.466 e. The number of amides is 1. The molecular formula is C24H26FN3O3S. The second-order valence-electron chi connectivity index (χ2n) is 7.37. The van der Waals surface area contributed by atoms with Crippen molar-refractivity contribution in [2.24, 2.45) is 4.99 Å². The van der Waals surface area contributed by atoms with Gasteiger partial charge >= 0.3 is 5.97 Å². The number of hydrogen-bond acceptors (Lipinski definition) is 6. The number of esters is 1. The molecule has 0 spiro atoms. The number of rotatable bonds is 7. The predicted octanol–water partition coefficient (Wildman–Crippen LogP) is 4.78. The maximum Gasteiger partial charge on any atom is 0.311 e. The molecule has 1 aliphatic rings. The summed E-state index contributed by atoms with van der Waals surface area (Å²) in [4.78, 5) is 29.1. The Morgan fingerprint density at radius 3 is 2.59 bits per heavy atom. The number of nitrogens with zero attached hydrogens (tertiary/aromatic N) is 1. The Kier molecular flexibility index (Phi) is 8.05. The summed E-state index contributed by atoms with van der Waals surface area (Å²) >= 11 is 1.28. The molecule has 6 nitrogen and oxygen atoms in total. The van der Waals surface area contributed by atoms with Crippen molar-refractivity contribution in [2.45, 2.75) is 33.7 Å². The van der Waals surface area contributed by atoms with Gasteiger partial charge in [-0.25, -0.2) is 9.38 Å². The summed E-state index contributed by atoms with van der Waals surface area (Å²) < 4.78 is 18.1.